The van der Waals surface area contributed by atoms with Crippen molar-refractivity contribution in [2.75, 3.05) is 39.3 Å². The van der Waals surface area contributed by atoms with Crippen LogP contribution in [0.15, 0.2) is 0 Å². The molecule has 0 aromatic carbocycles. The number of aliphatic hydroxyl groups excluding tert-OH is 1. The SMILES string of the molecule is CCCN1CCN(C(CO)C(N)C(C)C)CC1. The largest absolute Gasteiger partial charge is 0.395 e. The smallest absolute Gasteiger partial charge is 0.0602 e. The highest BCUT2D eigenvalue weighted by Gasteiger charge is 2.28. The van der Waals surface area contributed by atoms with Crippen LogP contribution in [0.3, 0.4) is 0 Å². The Morgan fingerprint density at radius 1 is 1.18 bits per heavy atom. The molecule has 17 heavy (non-hydrogen) atoms. The number of nitrogens with two attached hydrogens (primary N) is 1. The second-order valence-corrected chi connectivity index (χ2v) is 5.45. The predicted molar refractivity (Wildman–Crippen MR) is 72.0 cm³/mol. The second kappa shape index (κ2) is 7.31. The summed E-state index contributed by atoms with van der Waals surface area (Å²) in [6, 6.07) is 0.191. The summed E-state index contributed by atoms with van der Waals surface area (Å²) in [4.78, 5) is 4.85. The first-order chi connectivity index (χ1) is 8.10. The van der Waals surface area contributed by atoms with E-state index >= 15 is 0 Å². The van der Waals surface area contributed by atoms with E-state index in [4.69, 9.17) is 5.73 Å². The molecule has 1 aliphatic rings. The molecule has 0 amide bonds. The maximum absolute atomic E-state index is 9.53. The van der Waals surface area contributed by atoms with E-state index in [1.807, 2.05) is 0 Å². The van der Waals surface area contributed by atoms with E-state index in [9.17, 15) is 5.11 Å². The molecule has 102 valence electrons. The summed E-state index contributed by atoms with van der Waals surface area (Å²) in [6.07, 6.45) is 1.22. The van der Waals surface area contributed by atoms with Gasteiger partial charge in [0.2, 0.25) is 0 Å². The molecule has 0 aromatic heterocycles. The maximum atomic E-state index is 9.53. The third-order valence-corrected chi connectivity index (χ3v) is 3.82. The lowest BCUT2D eigenvalue weighted by molar-refractivity contribution is 0.0459. The van der Waals surface area contributed by atoms with Gasteiger partial charge in [-0.2, -0.15) is 0 Å². The van der Waals surface area contributed by atoms with E-state index in [-0.39, 0.29) is 18.7 Å². The summed E-state index contributed by atoms with van der Waals surface area (Å²) in [5, 5.41) is 9.53. The molecule has 0 saturated carbocycles. The molecule has 1 saturated heterocycles. The van der Waals surface area contributed by atoms with E-state index < -0.39 is 0 Å². The van der Waals surface area contributed by atoms with Crippen molar-refractivity contribution in [1.29, 1.82) is 0 Å². The first-order valence-corrected chi connectivity index (χ1v) is 6.93. The predicted octanol–water partition coefficient (Wildman–Crippen LogP) is 0.358. The van der Waals surface area contributed by atoms with Crippen LogP contribution in [-0.2, 0) is 0 Å². The van der Waals surface area contributed by atoms with Crippen molar-refractivity contribution in [3.8, 4) is 0 Å². The van der Waals surface area contributed by atoms with Gasteiger partial charge in [-0.25, -0.2) is 0 Å². The lowest BCUT2D eigenvalue weighted by Crippen LogP contribution is -2.58. The highest BCUT2D eigenvalue weighted by molar-refractivity contribution is 4.86. The third kappa shape index (κ3) is 4.21. The minimum absolute atomic E-state index is 0.0673. The van der Waals surface area contributed by atoms with Gasteiger partial charge >= 0.3 is 0 Å². The fourth-order valence-electron chi connectivity index (χ4n) is 2.56. The summed E-state index contributed by atoms with van der Waals surface area (Å²) in [5.74, 6) is 0.417. The third-order valence-electron chi connectivity index (χ3n) is 3.82. The van der Waals surface area contributed by atoms with Gasteiger partial charge in [0.25, 0.3) is 0 Å². The van der Waals surface area contributed by atoms with Crippen LogP contribution in [0.5, 0.6) is 0 Å². The Kier molecular flexibility index (Phi) is 6.41. The summed E-state index contributed by atoms with van der Waals surface area (Å²) >= 11 is 0. The molecule has 1 fully saturated rings. The quantitative estimate of drug-likeness (QED) is 0.707. The Morgan fingerprint density at radius 2 is 1.76 bits per heavy atom. The molecule has 0 spiro atoms. The van der Waals surface area contributed by atoms with Crippen molar-refractivity contribution in [3.63, 3.8) is 0 Å². The fraction of sp³-hybridized carbons (Fsp3) is 1.00. The molecule has 0 aliphatic carbocycles. The molecule has 1 aliphatic heterocycles. The molecule has 4 nitrogen and oxygen atoms in total. The van der Waals surface area contributed by atoms with Crippen molar-refractivity contribution in [2.24, 2.45) is 11.7 Å². The normalized spacial score (nSPS) is 22.9. The van der Waals surface area contributed by atoms with Crippen LogP contribution in [0.1, 0.15) is 27.2 Å². The minimum atomic E-state index is 0.0673. The molecule has 2 atom stereocenters. The van der Waals surface area contributed by atoms with Crippen LogP contribution in [0.4, 0.5) is 0 Å². The molecule has 3 N–H and O–H groups in total. The van der Waals surface area contributed by atoms with Crippen LogP contribution in [0.25, 0.3) is 0 Å². The van der Waals surface area contributed by atoms with Crippen LogP contribution in [-0.4, -0.2) is 66.3 Å². The molecule has 1 heterocycles. The molecule has 0 bridgehead atoms. The van der Waals surface area contributed by atoms with Crippen LogP contribution in [0, 0.1) is 5.92 Å². The monoisotopic (exact) mass is 243 g/mol. The number of rotatable bonds is 6. The molecule has 4 heteroatoms. The van der Waals surface area contributed by atoms with E-state index in [0.717, 1.165) is 26.2 Å². The molecule has 0 aromatic rings. The lowest BCUT2D eigenvalue weighted by atomic mass is 9.96. The molecule has 2 unspecified atom stereocenters. The summed E-state index contributed by atoms with van der Waals surface area (Å²) < 4.78 is 0. The Labute approximate surface area is 106 Å². The van der Waals surface area contributed by atoms with Gasteiger partial charge in [0.1, 0.15) is 0 Å². The molecular weight excluding hydrogens is 214 g/mol. The fourth-order valence-corrected chi connectivity index (χ4v) is 2.56. The van der Waals surface area contributed by atoms with Crippen molar-refractivity contribution < 1.29 is 5.11 Å². The number of aliphatic hydroxyl groups is 1. The maximum Gasteiger partial charge on any atom is 0.0602 e. The van der Waals surface area contributed by atoms with Crippen molar-refractivity contribution in [1.82, 2.24) is 9.80 Å². The Hall–Kier alpha value is -0.160. The standard InChI is InChI=1S/C13H29N3O/c1-4-5-15-6-8-16(9-7-15)12(10-17)13(14)11(2)3/h11-13,17H,4-10,14H2,1-3H3. The lowest BCUT2D eigenvalue weighted by Gasteiger charge is -2.41. The first-order valence-electron chi connectivity index (χ1n) is 6.93. The summed E-state index contributed by atoms with van der Waals surface area (Å²) in [5.41, 5.74) is 6.18. The Bertz CT molecular complexity index is 203. The van der Waals surface area contributed by atoms with Crippen molar-refractivity contribution >= 4 is 0 Å². The van der Waals surface area contributed by atoms with Gasteiger partial charge in [-0.15, -0.1) is 0 Å². The first kappa shape index (κ1) is 14.9. The van der Waals surface area contributed by atoms with E-state index in [1.54, 1.807) is 0 Å². The number of hydrogen-bond acceptors (Lipinski definition) is 4. The average molecular weight is 243 g/mol. The zero-order chi connectivity index (χ0) is 12.8. The number of piperazine rings is 1. The summed E-state index contributed by atoms with van der Waals surface area (Å²) in [7, 11) is 0. The topological polar surface area (TPSA) is 52.7 Å². The highest BCUT2D eigenvalue weighted by atomic mass is 16.3. The molecular formula is C13H29N3O. The van der Waals surface area contributed by atoms with Crippen LogP contribution in [0.2, 0.25) is 0 Å². The van der Waals surface area contributed by atoms with E-state index in [2.05, 4.69) is 30.6 Å². The Balaban J connectivity index is 2.45. The second-order valence-electron chi connectivity index (χ2n) is 5.45. The highest BCUT2D eigenvalue weighted by Crippen LogP contribution is 2.13. The van der Waals surface area contributed by atoms with Gasteiger partial charge in [-0.05, 0) is 18.9 Å². The van der Waals surface area contributed by atoms with E-state index in [0.29, 0.717) is 5.92 Å². The van der Waals surface area contributed by atoms with E-state index in [1.165, 1.54) is 13.0 Å². The van der Waals surface area contributed by atoms with Crippen molar-refractivity contribution in [2.45, 2.75) is 39.3 Å². The van der Waals surface area contributed by atoms with Gasteiger partial charge in [-0.3, -0.25) is 4.90 Å². The zero-order valence-electron chi connectivity index (χ0n) is 11.6. The molecule has 0 radical (unpaired) electrons. The minimum Gasteiger partial charge on any atom is -0.395 e. The van der Waals surface area contributed by atoms with Crippen molar-refractivity contribution in [3.05, 3.63) is 0 Å². The zero-order valence-corrected chi connectivity index (χ0v) is 11.6. The number of nitrogens with zero attached hydrogens (tertiary/aromatic N) is 2. The summed E-state index contributed by atoms with van der Waals surface area (Å²) in [6.45, 7) is 12.1. The average Bonchev–Trinajstić information content (AvgIpc) is 2.32. The van der Waals surface area contributed by atoms with Gasteiger partial charge in [-0.1, -0.05) is 20.8 Å². The van der Waals surface area contributed by atoms with Gasteiger partial charge < -0.3 is 15.7 Å². The Morgan fingerprint density at radius 3 is 2.18 bits per heavy atom. The number of hydrogen-bond donors (Lipinski definition) is 2. The van der Waals surface area contributed by atoms with Crippen LogP contribution < -0.4 is 5.73 Å². The van der Waals surface area contributed by atoms with Gasteiger partial charge in [0.15, 0.2) is 0 Å². The van der Waals surface area contributed by atoms with Gasteiger partial charge in [0.05, 0.1) is 6.61 Å². The van der Waals surface area contributed by atoms with Gasteiger partial charge in [0, 0.05) is 38.3 Å². The van der Waals surface area contributed by atoms with Crippen LogP contribution >= 0.6 is 0 Å². The molecule has 1 rings (SSSR count).